The topological polar surface area (TPSA) is 16.4 Å². The third kappa shape index (κ3) is 2.96. The lowest BCUT2D eigenvalue weighted by Gasteiger charge is -2.25. The maximum absolute atomic E-state index is 6.44. The van der Waals surface area contributed by atoms with Gasteiger partial charge in [0.15, 0.2) is 0 Å². The molecule has 0 aliphatic heterocycles. The van der Waals surface area contributed by atoms with Crippen LogP contribution in [0.25, 0.3) is 43.5 Å². The van der Waals surface area contributed by atoms with Crippen molar-refractivity contribution in [2.24, 2.45) is 0 Å². The van der Waals surface area contributed by atoms with Gasteiger partial charge >= 0.3 is 0 Å². The first-order chi connectivity index (χ1) is 16.8. The van der Waals surface area contributed by atoms with Crippen molar-refractivity contribution in [2.75, 3.05) is 4.90 Å². The molecule has 2 nitrogen and oxygen atoms in total. The average Bonchev–Trinajstić information content (AvgIpc) is 3.28. The lowest BCUT2D eigenvalue weighted by Crippen LogP contribution is -2.09. The number of anilines is 3. The van der Waals surface area contributed by atoms with Crippen LogP contribution in [0.1, 0.15) is 0 Å². The van der Waals surface area contributed by atoms with Crippen LogP contribution in [0.2, 0.25) is 0 Å². The number of fused-ring (bicyclic) bond motifs is 6. The normalized spacial score (nSPS) is 11.5. The summed E-state index contributed by atoms with van der Waals surface area (Å²) in [5.41, 5.74) is 5.20. The second-order valence-electron chi connectivity index (χ2n) is 8.65. The smallest absolute Gasteiger partial charge is 0.143 e. The first-order valence-corrected chi connectivity index (χ1v) is 11.5. The van der Waals surface area contributed by atoms with Crippen LogP contribution in [-0.2, 0) is 0 Å². The van der Waals surface area contributed by atoms with Gasteiger partial charge in [-0.2, -0.15) is 0 Å². The Morgan fingerprint density at radius 3 is 1.76 bits per heavy atom. The maximum atomic E-state index is 6.44. The van der Waals surface area contributed by atoms with E-state index in [4.69, 9.17) is 4.42 Å². The Balaban J connectivity index is 1.47. The van der Waals surface area contributed by atoms with Crippen molar-refractivity contribution >= 4 is 60.5 Å². The second-order valence-corrected chi connectivity index (χ2v) is 8.65. The minimum Gasteiger partial charge on any atom is -0.455 e. The van der Waals surface area contributed by atoms with Crippen LogP contribution in [0.3, 0.4) is 0 Å². The van der Waals surface area contributed by atoms with Gasteiger partial charge in [0.25, 0.3) is 0 Å². The van der Waals surface area contributed by atoms with Gasteiger partial charge in [-0.05, 0) is 76.8 Å². The highest BCUT2D eigenvalue weighted by Gasteiger charge is 2.16. The van der Waals surface area contributed by atoms with Crippen molar-refractivity contribution in [1.82, 2.24) is 0 Å². The molecule has 0 spiro atoms. The summed E-state index contributed by atoms with van der Waals surface area (Å²) in [6.45, 7) is 0. The van der Waals surface area contributed by atoms with Gasteiger partial charge in [-0.25, -0.2) is 0 Å². The second kappa shape index (κ2) is 7.50. The number of furan rings is 1. The molecule has 1 aromatic heterocycles. The molecular formula is C32H21NO. The van der Waals surface area contributed by atoms with Crippen molar-refractivity contribution in [1.29, 1.82) is 0 Å². The summed E-state index contributed by atoms with van der Waals surface area (Å²) in [5, 5.41) is 7.08. The fourth-order valence-electron chi connectivity index (χ4n) is 4.98. The molecule has 7 rings (SSSR count). The van der Waals surface area contributed by atoms with Gasteiger partial charge in [-0.3, -0.25) is 0 Å². The Morgan fingerprint density at radius 1 is 0.412 bits per heavy atom. The molecule has 0 aliphatic rings. The van der Waals surface area contributed by atoms with Gasteiger partial charge in [0.2, 0.25) is 0 Å². The van der Waals surface area contributed by atoms with Gasteiger partial charge in [0, 0.05) is 33.2 Å². The molecule has 2 heteroatoms. The molecule has 7 aromatic rings. The summed E-state index contributed by atoms with van der Waals surface area (Å²) < 4.78 is 6.44. The summed E-state index contributed by atoms with van der Waals surface area (Å²) in [6.07, 6.45) is 0. The molecule has 0 fully saturated rings. The minimum atomic E-state index is 0.903. The number of nitrogens with zero attached hydrogens (tertiary/aromatic N) is 1. The van der Waals surface area contributed by atoms with E-state index in [9.17, 15) is 0 Å². The first kappa shape index (κ1) is 19.0. The lowest BCUT2D eigenvalue weighted by atomic mass is 10.0. The van der Waals surface area contributed by atoms with E-state index in [1.807, 2.05) is 12.1 Å². The third-order valence-corrected chi connectivity index (χ3v) is 6.59. The molecule has 160 valence electrons. The molecule has 6 aromatic carbocycles. The molecule has 0 unspecified atom stereocenters. The van der Waals surface area contributed by atoms with E-state index in [1.165, 1.54) is 16.2 Å². The Labute approximate surface area is 197 Å². The Kier molecular flexibility index (Phi) is 4.18. The minimum absolute atomic E-state index is 0.903. The fourth-order valence-corrected chi connectivity index (χ4v) is 4.98. The van der Waals surface area contributed by atoms with E-state index in [0.717, 1.165) is 44.4 Å². The van der Waals surface area contributed by atoms with Crippen LogP contribution in [0.5, 0.6) is 0 Å². The van der Waals surface area contributed by atoms with Crippen molar-refractivity contribution in [2.45, 2.75) is 0 Å². The van der Waals surface area contributed by atoms with Crippen LogP contribution in [0, 0.1) is 0 Å². The van der Waals surface area contributed by atoms with Gasteiger partial charge in [0.1, 0.15) is 11.2 Å². The third-order valence-electron chi connectivity index (χ3n) is 6.59. The van der Waals surface area contributed by atoms with E-state index in [-0.39, 0.29) is 0 Å². The molecule has 0 atom stereocenters. The molecule has 34 heavy (non-hydrogen) atoms. The number of hydrogen-bond acceptors (Lipinski definition) is 2. The quantitative estimate of drug-likeness (QED) is 0.257. The first-order valence-electron chi connectivity index (χ1n) is 11.5. The average molecular weight is 436 g/mol. The SMILES string of the molecule is c1ccc(N(c2ccccc2)c2ccc3oc4c5cc6ccccc6cc5ccc4c3c2)cc1. The highest BCUT2D eigenvalue weighted by molar-refractivity contribution is 6.17. The van der Waals surface area contributed by atoms with Crippen molar-refractivity contribution in [3.8, 4) is 0 Å². The fraction of sp³-hybridized carbons (Fsp3) is 0. The molecule has 0 aliphatic carbocycles. The van der Waals surface area contributed by atoms with Gasteiger partial charge in [-0.1, -0.05) is 66.7 Å². The van der Waals surface area contributed by atoms with Crippen LogP contribution < -0.4 is 4.90 Å². The molecule has 0 N–H and O–H groups in total. The summed E-state index contributed by atoms with van der Waals surface area (Å²) in [5.74, 6) is 0. The van der Waals surface area contributed by atoms with E-state index < -0.39 is 0 Å². The predicted octanol–water partition coefficient (Wildman–Crippen LogP) is 9.36. The zero-order chi connectivity index (χ0) is 22.5. The van der Waals surface area contributed by atoms with Crippen molar-refractivity contribution in [3.63, 3.8) is 0 Å². The number of rotatable bonds is 3. The summed E-state index contributed by atoms with van der Waals surface area (Å²) in [7, 11) is 0. The molecular weight excluding hydrogens is 414 g/mol. The summed E-state index contributed by atoms with van der Waals surface area (Å²) in [6, 6.07) is 44.8. The van der Waals surface area contributed by atoms with Gasteiger partial charge in [-0.15, -0.1) is 0 Å². The van der Waals surface area contributed by atoms with Crippen molar-refractivity contribution in [3.05, 3.63) is 127 Å². The molecule has 0 bridgehead atoms. The molecule has 0 saturated carbocycles. The van der Waals surface area contributed by atoms with Crippen molar-refractivity contribution < 1.29 is 4.42 Å². The number of hydrogen-bond donors (Lipinski definition) is 0. The summed E-state index contributed by atoms with van der Waals surface area (Å²) >= 11 is 0. The van der Waals surface area contributed by atoms with E-state index in [1.54, 1.807) is 0 Å². The molecule has 0 amide bonds. The number of benzene rings is 6. The lowest BCUT2D eigenvalue weighted by molar-refractivity contribution is 0.672. The van der Waals surface area contributed by atoms with Gasteiger partial charge < -0.3 is 9.32 Å². The zero-order valence-corrected chi connectivity index (χ0v) is 18.5. The largest absolute Gasteiger partial charge is 0.455 e. The van der Waals surface area contributed by atoms with E-state index >= 15 is 0 Å². The highest BCUT2D eigenvalue weighted by Crippen LogP contribution is 2.40. The highest BCUT2D eigenvalue weighted by atomic mass is 16.3. The monoisotopic (exact) mass is 435 g/mol. The zero-order valence-electron chi connectivity index (χ0n) is 18.5. The Bertz CT molecular complexity index is 1760. The predicted molar refractivity (Wildman–Crippen MR) is 143 cm³/mol. The van der Waals surface area contributed by atoms with E-state index in [2.05, 4.69) is 120 Å². The van der Waals surface area contributed by atoms with Crippen LogP contribution in [-0.4, -0.2) is 0 Å². The maximum Gasteiger partial charge on any atom is 0.143 e. The van der Waals surface area contributed by atoms with Crippen LogP contribution in [0.4, 0.5) is 17.1 Å². The van der Waals surface area contributed by atoms with E-state index in [0.29, 0.717) is 0 Å². The molecule has 1 heterocycles. The number of para-hydroxylation sites is 2. The van der Waals surface area contributed by atoms with Crippen LogP contribution in [0.15, 0.2) is 132 Å². The molecule has 0 radical (unpaired) electrons. The molecule has 0 saturated heterocycles. The summed E-state index contributed by atoms with van der Waals surface area (Å²) in [4.78, 5) is 2.28. The van der Waals surface area contributed by atoms with Gasteiger partial charge in [0.05, 0.1) is 0 Å². The standard InChI is InChI=1S/C32H21NO/c1-3-11-25(12-4-1)33(26-13-5-2-6-14-26)27-16-18-31-30(21-27)28-17-15-24-19-22-9-7-8-10-23(22)20-29(24)32(28)34-31/h1-21H. The Hall–Kier alpha value is -4.56. The van der Waals surface area contributed by atoms with Crippen LogP contribution >= 0.6 is 0 Å². The Morgan fingerprint density at radius 2 is 1.06 bits per heavy atom.